The molecule has 6 nitrogen and oxygen atoms in total. The van der Waals surface area contributed by atoms with Crippen LogP contribution < -0.4 is 4.90 Å². The lowest BCUT2D eigenvalue weighted by Gasteiger charge is -2.37. The zero-order chi connectivity index (χ0) is 19.8. The average Bonchev–Trinajstić information content (AvgIpc) is 2.83. The molecule has 10 heteroatoms. The first-order valence-corrected chi connectivity index (χ1v) is 8.17. The number of rotatable bonds is 3. The van der Waals surface area contributed by atoms with E-state index in [0.717, 1.165) is 17.0 Å². The van der Waals surface area contributed by atoms with Crippen LogP contribution in [-0.4, -0.2) is 48.8 Å². The summed E-state index contributed by atoms with van der Waals surface area (Å²) < 4.78 is 57.9. The second-order valence-electron chi connectivity index (χ2n) is 6.25. The number of urea groups is 1. The van der Waals surface area contributed by atoms with Crippen molar-refractivity contribution in [2.75, 3.05) is 31.3 Å². The van der Waals surface area contributed by atoms with Gasteiger partial charge in [0.25, 0.3) is 5.91 Å². The van der Waals surface area contributed by atoms with Crippen LogP contribution >= 0.6 is 0 Å². The summed E-state index contributed by atoms with van der Waals surface area (Å²) in [7, 11) is 0. The minimum absolute atomic E-state index is 0.135. The zero-order valence-corrected chi connectivity index (χ0v) is 14.1. The Labute approximate surface area is 151 Å². The zero-order valence-electron chi connectivity index (χ0n) is 14.1. The third-order valence-electron chi connectivity index (χ3n) is 4.86. The molecule has 0 atom stereocenters. The van der Waals surface area contributed by atoms with Gasteiger partial charge in [-0.05, 0) is 18.2 Å². The van der Waals surface area contributed by atoms with Crippen LogP contribution in [0.15, 0.2) is 18.2 Å². The molecule has 2 aliphatic rings. The minimum Gasteiger partial charge on any atom is -0.381 e. The largest absolute Gasteiger partial charge is 0.417 e. The summed E-state index contributed by atoms with van der Waals surface area (Å²) in [4.78, 5) is 27.5. The Hall–Kier alpha value is -2.67. The molecule has 144 valence electrons. The molecular weight excluding hydrogens is 370 g/mol. The molecule has 0 saturated carbocycles. The van der Waals surface area contributed by atoms with Crippen molar-refractivity contribution in [2.45, 2.75) is 24.6 Å². The highest BCUT2D eigenvalue weighted by molar-refractivity contribution is 6.23. The van der Waals surface area contributed by atoms with E-state index in [1.807, 2.05) is 0 Å². The smallest absolute Gasteiger partial charge is 0.381 e. The molecule has 0 unspecified atom stereocenters. The highest BCUT2D eigenvalue weighted by Gasteiger charge is 2.58. The summed E-state index contributed by atoms with van der Waals surface area (Å²) in [5.74, 6) is -0.706. The van der Waals surface area contributed by atoms with Gasteiger partial charge >= 0.3 is 12.2 Å². The molecule has 2 heterocycles. The number of hydrogen-bond acceptors (Lipinski definition) is 4. The number of nitriles is 1. The topological polar surface area (TPSA) is 73.6 Å². The summed E-state index contributed by atoms with van der Waals surface area (Å²) in [6.07, 6.45) is -4.56. The predicted molar refractivity (Wildman–Crippen MR) is 84.5 cm³/mol. The lowest BCUT2D eigenvalue weighted by Crippen LogP contribution is -2.53. The maximum atomic E-state index is 13.2. The molecule has 1 aromatic carbocycles. The summed E-state index contributed by atoms with van der Waals surface area (Å²) in [6, 6.07) is 3.18. The summed E-state index contributed by atoms with van der Waals surface area (Å²) in [5, 5.41) is 8.89. The van der Waals surface area contributed by atoms with Gasteiger partial charge in [-0.25, -0.2) is 14.1 Å². The Morgan fingerprint density at radius 2 is 1.89 bits per heavy atom. The lowest BCUT2D eigenvalue weighted by molar-refractivity contribution is -0.137. The lowest BCUT2D eigenvalue weighted by atomic mass is 9.88. The Bertz CT molecular complexity index is 813. The quantitative estimate of drug-likeness (QED) is 0.593. The molecule has 1 spiro atoms. The summed E-state index contributed by atoms with van der Waals surface area (Å²) in [5.41, 5.74) is -3.49. The van der Waals surface area contributed by atoms with Crippen LogP contribution in [0.25, 0.3) is 0 Å². The fourth-order valence-corrected chi connectivity index (χ4v) is 3.53. The molecule has 0 N–H and O–H groups in total. The van der Waals surface area contributed by atoms with Gasteiger partial charge in [0.1, 0.15) is 12.2 Å². The normalized spacial score (nSPS) is 19.7. The Kier molecular flexibility index (Phi) is 4.82. The van der Waals surface area contributed by atoms with Crippen molar-refractivity contribution in [1.29, 1.82) is 5.26 Å². The number of carbonyl (C=O) groups is 2. The van der Waals surface area contributed by atoms with Crippen molar-refractivity contribution in [3.05, 3.63) is 29.3 Å². The minimum atomic E-state index is -4.83. The van der Waals surface area contributed by atoms with Crippen LogP contribution in [-0.2, 0) is 15.7 Å². The molecule has 0 aromatic heterocycles. The maximum Gasteiger partial charge on any atom is 0.417 e. The second kappa shape index (κ2) is 6.81. The molecule has 0 aliphatic carbocycles. The van der Waals surface area contributed by atoms with Crippen molar-refractivity contribution < 1.29 is 31.9 Å². The number of benzene rings is 1. The fourth-order valence-electron chi connectivity index (χ4n) is 3.53. The summed E-state index contributed by atoms with van der Waals surface area (Å²) >= 11 is 0. The molecular formula is C17H15F4N3O3. The number of hydrogen-bond donors (Lipinski definition) is 0. The van der Waals surface area contributed by atoms with E-state index in [1.54, 1.807) is 0 Å². The molecule has 1 aromatic rings. The van der Waals surface area contributed by atoms with Gasteiger partial charge in [0.05, 0.1) is 29.4 Å². The molecule has 0 bridgehead atoms. The van der Waals surface area contributed by atoms with Crippen LogP contribution in [0, 0.1) is 11.3 Å². The van der Waals surface area contributed by atoms with Crippen LogP contribution in [0.2, 0.25) is 0 Å². The van der Waals surface area contributed by atoms with E-state index in [2.05, 4.69) is 0 Å². The van der Waals surface area contributed by atoms with Crippen LogP contribution in [0.3, 0.4) is 0 Å². The third-order valence-corrected chi connectivity index (χ3v) is 4.86. The van der Waals surface area contributed by atoms with Gasteiger partial charge in [-0.15, -0.1) is 0 Å². The Balaban J connectivity index is 2.08. The van der Waals surface area contributed by atoms with Crippen LogP contribution in [0.4, 0.5) is 28.0 Å². The van der Waals surface area contributed by atoms with E-state index in [1.165, 1.54) is 6.07 Å². The summed E-state index contributed by atoms with van der Waals surface area (Å²) in [6.45, 7) is -0.881. The van der Waals surface area contributed by atoms with E-state index in [-0.39, 0.29) is 38.3 Å². The van der Waals surface area contributed by atoms with E-state index in [9.17, 15) is 27.2 Å². The highest BCUT2D eigenvalue weighted by atomic mass is 19.4. The fraction of sp³-hybridized carbons (Fsp3) is 0.471. The molecule has 2 saturated heterocycles. The highest BCUT2D eigenvalue weighted by Crippen LogP contribution is 2.41. The van der Waals surface area contributed by atoms with Crippen molar-refractivity contribution in [1.82, 2.24) is 4.90 Å². The first-order valence-electron chi connectivity index (χ1n) is 8.17. The van der Waals surface area contributed by atoms with Gasteiger partial charge in [-0.3, -0.25) is 4.79 Å². The molecule has 3 amide bonds. The average molecular weight is 385 g/mol. The number of amides is 3. The number of carbonyl (C=O) groups excluding carboxylic acids is 2. The number of nitrogens with zero attached hydrogens (tertiary/aromatic N) is 3. The van der Waals surface area contributed by atoms with E-state index >= 15 is 0 Å². The van der Waals surface area contributed by atoms with E-state index < -0.39 is 41.5 Å². The van der Waals surface area contributed by atoms with Crippen LogP contribution in [0.5, 0.6) is 0 Å². The molecule has 3 rings (SSSR count). The van der Waals surface area contributed by atoms with Gasteiger partial charge in [0.15, 0.2) is 0 Å². The second-order valence-corrected chi connectivity index (χ2v) is 6.25. The van der Waals surface area contributed by atoms with Gasteiger partial charge in [0, 0.05) is 26.1 Å². The van der Waals surface area contributed by atoms with E-state index in [4.69, 9.17) is 10.00 Å². The van der Waals surface area contributed by atoms with Crippen molar-refractivity contribution >= 4 is 17.6 Å². The van der Waals surface area contributed by atoms with E-state index in [0.29, 0.717) is 11.0 Å². The van der Waals surface area contributed by atoms with Crippen molar-refractivity contribution in [3.8, 4) is 6.07 Å². The van der Waals surface area contributed by atoms with Gasteiger partial charge in [-0.1, -0.05) is 0 Å². The SMILES string of the molecule is N#Cc1ccc(N2C(=O)N(CCF)C3(CCOCC3)C2=O)cc1C(F)(F)F. The monoisotopic (exact) mass is 385 g/mol. The molecule has 27 heavy (non-hydrogen) atoms. The first-order chi connectivity index (χ1) is 12.8. The Morgan fingerprint density at radius 3 is 2.44 bits per heavy atom. The van der Waals surface area contributed by atoms with Gasteiger partial charge in [0.2, 0.25) is 0 Å². The number of alkyl halides is 4. The molecule has 2 aliphatic heterocycles. The first kappa shape index (κ1) is 19.1. The molecule has 2 fully saturated rings. The van der Waals surface area contributed by atoms with Crippen molar-refractivity contribution in [2.24, 2.45) is 0 Å². The number of halogens is 4. The van der Waals surface area contributed by atoms with Crippen molar-refractivity contribution in [3.63, 3.8) is 0 Å². The van der Waals surface area contributed by atoms with Gasteiger partial charge < -0.3 is 9.64 Å². The Morgan fingerprint density at radius 1 is 1.22 bits per heavy atom. The van der Waals surface area contributed by atoms with Crippen LogP contribution in [0.1, 0.15) is 24.0 Å². The number of imide groups is 1. The van der Waals surface area contributed by atoms with Gasteiger partial charge in [-0.2, -0.15) is 18.4 Å². The number of ether oxygens (including phenoxy) is 1. The standard InChI is InChI=1S/C17H15F4N3O3/c18-5-6-23-15(26)24(14(25)16(23)3-7-27-8-4-16)12-2-1-11(10-22)13(9-12)17(19,20)21/h1-2,9H,3-8H2. The third kappa shape index (κ3) is 3.02. The number of anilines is 1. The maximum absolute atomic E-state index is 13.2. The molecule has 0 radical (unpaired) electrons. The predicted octanol–water partition coefficient (Wildman–Crippen LogP) is 2.86.